The van der Waals surface area contributed by atoms with Crippen molar-refractivity contribution in [2.45, 2.75) is 13.8 Å². The zero-order valence-electron chi connectivity index (χ0n) is 19.8. The van der Waals surface area contributed by atoms with Gasteiger partial charge in [-0.15, -0.1) is 0 Å². The number of aromatic amines is 2. The van der Waals surface area contributed by atoms with E-state index in [1.807, 2.05) is 26.2 Å². The van der Waals surface area contributed by atoms with Gasteiger partial charge in [0.2, 0.25) is 0 Å². The van der Waals surface area contributed by atoms with Gasteiger partial charge in [0.05, 0.1) is 22.1 Å². The summed E-state index contributed by atoms with van der Waals surface area (Å²) in [7, 11) is 0. The topological polar surface area (TPSA) is 70.2 Å². The summed E-state index contributed by atoms with van der Waals surface area (Å²) in [5.41, 5.74) is 6.55. The van der Waals surface area contributed by atoms with Gasteiger partial charge in [-0.2, -0.15) is 0 Å². The van der Waals surface area contributed by atoms with Gasteiger partial charge < -0.3 is 9.97 Å². The van der Waals surface area contributed by atoms with Crippen LogP contribution in [0.5, 0.6) is 0 Å². The van der Waals surface area contributed by atoms with Crippen LogP contribution in [0.1, 0.15) is 11.6 Å². The minimum atomic E-state index is 0.911. The van der Waals surface area contributed by atoms with Crippen LogP contribution in [0.15, 0.2) is 79.1 Å². The SMILES string of the molecule is Cc1nc2c3ccccc3c3cc(-c4ccc5c(c4)c4ccncc4c4nc(C)[nH]c54)ccc3c2[nH]1. The molecule has 8 aromatic rings. The zero-order valence-corrected chi connectivity index (χ0v) is 19.8. The number of nitrogens with one attached hydrogen (secondary N) is 2. The molecule has 8 rings (SSSR count). The highest BCUT2D eigenvalue weighted by molar-refractivity contribution is 6.25. The van der Waals surface area contributed by atoms with Gasteiger partial charge in [0.25, 0.3) is 0 Å². The van der Waals surface area contributed by atoms with Crippen LogP contribution in [0, 0.1) is 13.8 Å². The molecular formula is C31H21N5. The van der Waals surface area contributed by atoms with E-state index in [2.05, 4.69) is 81.7 Å². The summed E-state index contributed by atoms with van der Waals surface area (Å²) >= 11 is 0. The highest BCUT2D eigenvalue weighted by atomic mass is 14.9. The number of nitrogens with zero attached hydrogens (tertiary/aromatic N) is 3. The summed E-state index contributed by atoms with van der Waals surface area (Å²) < 4.78 is 0. The Labute approximate surface area is 205 Å². The van der Waals surface area contributed by atoms with E-state index in [-0.39, 0.29) is 0 Å². The molecular weight excluding hydrogens is 442 g/mol. The Morgan fingerprint density at radius 2 is 1.08 bits per heavy atom. The largest absolute Gasteiger partial charge is 0.342 e. The fraction of sp³-hybridized carbons (Fsp3) is 0.0645. The van der Waals surface area contributed by atoms with Crippen molar-refractivity contribution in [1.29, 1.82) is 0 Å². The molecule has 0 bridgehead atoms. The Balaban J connectivity index is 1.45. The number of rotatable bonds is 1. The second-order valence-electron chi connectivity index (χ2n) is 9.58. The van der Waals surface area contributed by atoms with Gasteiger partial charge in [0.15, 0.2) is 0 Å². The van der Waals surface area contributed by atoms with E-state index in [0.29, 0.717) is 0 Å². The first-order chi connectivity index (χ1) is 17.7. The minimum Gasteiger partial charge on any atom is -0.342 e. The Hall–Kier alpha value is -4.77. The van der Waals surface area contributed by atoms with Crippen LogP contribution >= 0.6 is 0 Å². The molecule has 0 radical (unpaired) electrons. The van der Waals surface area contributed by atoms with Gasteiger partial charge in [-0.25, -0.2) is 9.97 Å². The normalized spacial score (nSPS) is 12.2. The van der Waals surface area contributed by atoms with Crippen molar-refractivity contribution in [3.63, 3.8) is 0 Å². The first-order valence-corrected chi connectivity index (χ1v) is 12.1. The summed E-state index contributed by atoms with van der Waals surface area (Å²) in [6.45, 7) is 4.02. The zero-order chi connectivity index (χ0) is 24.0. The molecule has 5 nitrogen and oxygen atoms in total. The predicted octanol–water partition coefficient (Wildman–Crippen LogP) is 7.73. The molecule has 0 aliphatic carbocycles. The van der Waals surface area contributed by atoms with E-state index in [1.165, 1.54) is 48.8 Å². The number of aryl methyl sites for hydroxylation is 2. The number of hydrogen-bond acceptors (Lipinski definition) is 3. The molecule has 36 heavy (non-hydrogen) atoms. The van der Waals surface area contributed by atoms with Gasteiger partial charge in [0, 0.05) is 33.9 Å². The quantitative estimate of drug-likeness (QED) is 0.245. The molecule has 0 saturated carbocycles. The maximum atomic E-state index is 4.79. The molecule has 3 aromatic heterocycles. The molecule has 0 aliphatic rings. The van der Waals surface area contributed by atoms with Crippen LogP contribution in [0.2, 0.25) is 0 Å². The lowest BCUT2D eigenvalue weighted by Crippen LogP contribution is -1.87. The maximum Gasteiger partial charge on any atom is 0.104 e. The number of fused-ring (bicyclic) bond motifs is 12. The first kappa shape index (κ1) is 19.5. The number of imidazole rings is 2. The molecule has 0 saturated heterocycles. The molecule has 0 fully saturated rings. The van der Waals surface area contributed by atoms with Crippen molar-refractivity contribution in [1.82, 2.24) is 24.9 Å². The van der Waals surface area contributed by atoms with E-state index >= 15 is 0 Å². The highest BCUT2D eigenvalue weighted by Crippen LogP contribution is 2.39. The van der Waals surface area contributed by atoms with Crippen LogP contribution in [-0.2, 0) is 0 Å². The minimum absolute atomic E-state index is 0.911. The molecule has 5 aromatic carbocycles. The van der Waals surface area contributed by atoms with Crippen molar-refractivity contribution in [2.24, 2.45) is 0 Å². The molecule has 0 atom stereocenters. The standard InChI is InChI=1S/C31H21N5/c1-16-33-28-22-6-4-3-5-20(22)25-13-18(7-9-23(25)29(28)34-16)19-8-10-24-26(14-19)21-11-12-32-15-27(21)31-30(24)35-17(2)36-31/h3-15H,1-2H3,(H,33,34)(H,35,36). The van der Waals surface area contributed by atoms with Gasteiger partial charge in [-0.3, -0.25) is 4.98 Å². The fourth-order valence-corrected chi connectivity index (χ4v) is 5.83. The van der Waals surface area contributed by atoms with Crippen LogP contribution in [0.25, 0.3) is 76.3 Å². The summed E-state index contributed by atoms with van der Waals surface area (Å²) in [5.74, 6) is 1.84. The van der Waals surface area contributed by atoms with Crippen molar-refractivity contribution >= 4 is 65.2 Å². The Morgan fingerprint density at radius 3 is 1.72 bits per heavy atom. The van der Waals surface area contributed by atoms with Crippen LogP contribution in [0.4, 0.5) is 0 Å². The van der Waals surface area contributed by atoms with Gasteiger partial charge in [-0.05, 0) is 64.7 Å². The van der Waals surface area contributed by atoms with Crippen molar-refractivity contribution < 1.29 is 0 Å². The van der Waals surface area contributed by atoms with E-state index in [9.17, 15) is 0 Å². The predicted molar refractivity (Wildman–Crippen MR) is 148 cm³/mol. The summed E-state index contributed by atoms with van der Waals surface area (Å²) in [5, 5.41) is 9.44. The maximum absolute atomic E-state index is 4.79. The number of pyridine rings is 1. The average molecular weight is 464 g/mol. The van der Waals surface area contributed by atoms with Gasteiger partial charge in [0.1, 0.15) is 11.6 Å². The lowest BCUT2D eigenvalue weighted by molar-refractivity contribution is 1.17. The van der Waals surface area contributed by atoms with E-state index < -0.39 is 0 Å². The fourth-order valence-electron chi connectivity index (χ4n) is 5.83. The molecule has 170 valence electrons. The smallest absolute Gasteiger partial charge is 0.104 e. The van der Waals surface area contributed by atoms with Crippen molar-refractivity contribution in [2.75, 3.05) is 0 Å². The Kier molecular flexibility index (Phi) is 3.74. The molecule has 0 amide bonds. The van der Waals surface area contributed by atoms with E-state index in [0.717, 1.165) is 39.1 Å². The van der Waals surface area contributed by atoms with Crippen molar-refractivity contribution in [3.8, 4) is 11.1 Å². The number of benzene rings is 5. The summed E-state index contributed by atoms with van der Waals surface area (Å²) in [6, 6.07) is 24.1. The highest BCUT2D eigenvalue weighted by Gasteiger charge is 2.15. The number of H-pyrrole nitrogens is 2. The second-order valence-corrected chi connectivity index (χ2v) is 9.58. The lowest BCUT2D eigenvalue weighted by Gasteiger charge is -2.11. The molecule has 2 N–H and O–H groups in total. The van der Waals surface area contributed by atoms with Crippen LogP contribution in [-0.4, -0.2) is 24.9 Å². The first-order valence-electron chi connectivity index (χ1n) is 12.1. The van der Waals surface area contributed by atoms with Gasteiger partial charge in [-0.1, -0.05) is 48.5 Å². The summed E-state index contributed by atoms with van der Waals surface area (Å²) in [4.78, 5) is 20.9. The monoisotopic (exact) mass is 463 g/mol. The third-order valence-corrected chi connectivity index (χ3v) is 7.39. The molecule has 0 unspecified atom stereocenters. The van der Waals surface area contributed by atoms with Gasteiger partial charge >= 0.3 is 0 Å². The van der Waals surface area contributed by atoms with Crippen LogP contribution in [0.3, 0.4) is 0 Å². The molecule has 5 heteroatoms. The van der Waals surface area contributed by atoms with Crippen LogP contribution < -0.4 is 0 Å². The molecule has 0 spiro atoms. The Morgan fingerprint density at radius 1 is 0.528 bits per heavy atom. The van der Waals surface area contributed by atoms with Crippen molar-refractivity contribution in [3.05, 3.63) is 90.8 Å². The molecule has 3 heterocycles. The number of hydrogen-bond donors (Lipinski definition) is 2. The molecule has 0 aliphatic heterocycles. The average Bonchev–Trinajstić information content (AvgIpc) is 3.51. The van der Waals surface area contributed by atoms with E-state index in [4.69, 9.17) is 9.97 Å². The Bertz CT molecular complexity index is 2020. The summed E-state index contributed by atoms with van der Waals surface area (Å²) in [6.07, 6.45) is 3.78. The third-order valence-electron chi connectivity index (χ3n) is 7.39. The lowest BCUT2D eigenvalue weighted by atomic mass is 9.93. The number of aromatic nitrogens is 5. The third kappa shape index (κ3) is 2.57. The second kappa shape index (κ2) is 6.89. The van der Waals surface area contributed by atoms with E-state index in [1.54, 1.807) is 0 Å².